The predicted molar refractivity (Wildman–Crippen MR) is 95.1 cm³/mol. The average Bonchev–Trinajstić information content (AvgIpc) is 2.85. The first-order chi connectivity index (χ1) is 11.8. The lowest BCUT2D eigenvalue weighted by Gasteiger charge is -2.19. The van der Waals surface area contributed by atoms with E-state index in [2.05, 4.69) is 24.3 Å². The summed E-state index contributed by atoms with van der Waals surface area (Å²) in [4.78, 5) is 23.7. The average molecular weight is 338 g/mol. The molecule has 25 heavy (non-hydrogen) atoms. The highest BCUT2D eigenvalue weighted by Crippen LogP contribution is 2.44. The molecule has 0 fully saturated rings. The second kappa shape index (κ2) is 6.71. The molecule has 1 aliphatic carbocycles. The minimum atomic E-state index is -0.610. The van der Waals surface area contributed by atoms with Crippen molar-refractivity contribution in [2.45, 2.75) is 38.7 Å². The summed E-state index contributed by atoms with van der Waals surface area (Å²) < 4.78 is 10.5. The predicted octanol–water partition coefficient (Wildman–Crippen LogP) is 4.07. The van der Waals surface area contributed by atoms with Crippen LogP contribution in [0.2, 0.25) is 0 Å². The van der Waals surface area contributed by atoms with Gasteiger partial charge in [0.2, 0.25) is 0 Å². The summed E-state index contributed by atoms with van der Waals surface area (Å²) >= 11 is 0. The molecule has 0 saturated heterocycles. The van der Waals surface area contributed by atoms with Crippen molar-refractivity contribution in [3.8, 4) is 11.1 Å². The Morgan fingerprint density at radius 2 is 1.40 bits per heavy atom. The molecule has 3 rings (SSSR count). The second-order valence-corrected chi connectivity index (χ2v) is 7.17. The smallest absolute Gasteiger partial charge is 0.317 e. The summed E-state index contributed by atoms with van der Waals surface area (Å²) in [5, 5.41) is 0. The molecule has 2 aromatic carbocycles. The second-order valence-electron chi connectivity index (χ2n) is 7.17. The molecule has 0 saturated carbocycles. The Kier molecular flexibility index (Phi) is 4.62. The number of rotatable bonds is 4. The van der Waals surface area contributed by atoms with Gasteiger partial charge in [-0.15, -0.1) is 0 Å². The fraction of sp³-hybridized carbons (Fsp3) is 0.333. The lowest BCUT2D eigenvalue weighted by Crippen LogP contribution is -2.26. The lowest BCUT2D eigenvalue weighted by atomic mass is 9.98. The summed E-state index contributed by atoms with van der Waals surface area (Å²) in [5.74, 6) is -1.13. The van der Waals surface area contributed by atoms with E-state index in [0.717, 1.165) is 11.1 Å². The highest BCUT2D eigenvalue weighted by molar-refractivity contribution is 5.91. The van der Waals surface area contributed by atoms with Crippen molar-refractivity contribution >= 4 is 11.9 Å². The number of fused-ring (bicyclic) bond motifs is 3. The molecule has 0 spiro atoms. The summed E-state index contributed by atoms with van der Waals surface area (Å²) in [7, 11) is 0. The van der Waals surface area contributed by atoms with Crippen molar-refractivity contribution in [1.29, 1.82) is 0 Å². The minimum absolute atomic E-state index is 0.00464. The topological polar surface area (TPSA) is 52.6 Å². The van der Waals surface area contributed by atoms with Crippen molar-refractivity contribution < 1.29 is 19.1 Å². The van der Waals surface area contributed by atoms with E-state index in [1.165, 1.54) is 11.1 Å². The van der Waals surface area contributed by atoms with Gasteiger partial charge >= 0.3 is 11.9 Å². The molecule has 0 N–H and O–H groups in total. The van der Waals surface area contributed by atoms with Gasteiger partial charge in [-0.1, -0.05) is 48.5 Å². The molecule has 0 bridgehead atoms. The first-order valence-electron chi connectivity index (χ1n) is 8.41. The molecule has 0 aliphatic heterocycles. The fourth-order valence-corrected chi connectivity index (χ4v) is 3.16. The van der Waals surface area contributed by atoms with Gasteiger partial charge < -0.3 is 9.47 Å². The van der Waals surface area contributed by atoms with Crippen molar-refractivity contribution in [2.75, 3.05) is 6.61 Å². The number of esters is 2. The van der Waals surface area contributed by atoms with Crippen LogP contribution in [0.15, 0.2) is 48.5 Å². The third kappa shape index (κ3) is 3.90. The Balaban J connectivity index is 1.68. The van der Waals surface area contributed by atoms with Gasteiger partial charge in [-0.25, -0.2) is 0 Å². The Morgan fingerprint density at radius 3 is 1.92 bits per heavy atom. The number of hydrogen-bond acceptors (Lipinski definition) is 4. The summed E-state index contributed by atoms with van der Waals surface area (Å²) in [6.45, 7) is 5.52. The van der Waals surface area contributed by atoms with E-state index in [-0.39, 0.29) is 18.9 Å². The van der Waals surface area contributed by atoms with E-state index in [1.807, 2.05) is 24.3 Å². The molecule has 0 atom stereocenters. The molecule has 2 aromatic rings. The van der Waals surface area contributed by atoms with Gasteiger partial charge in [-0.05, 0) is 43.0 Å². The third-order valence-corrected chi connectivity index (χ3v) is 4.08. The van der Waals surface area contributed by atoms with Gasteiger partial charge in [0.05, 0.1) is 0 Å². The van der Waals surface area contributed by atoms with Crippen LogP contribution in [0.3, 0.4) is 0 Å². The van der Waals surface area contributed by atoms with Gasteiger partial charge in [0.1, 0.15) is 18.6 Å². The zero-order valence-corrected chi connectivity index (χ0v) is 14.7. The van der Waals surface area contributed by atoms with Crippen molar-refractivity contribution in [1.82, 2.24) is 0 Å². The van der Waals surface area contributed by atoms with Crippen LogP contribution >= 0.6 is 0 Å². The molecule has 0 aromatic heterocycles. The standard InChI is InChI=1S/C21H22O4/c1-21(2,3)25-20(23)12-19(22)24-13-18-16-10-6-4-8-14(16)15-9-5-7-11-17(15)18/h4-11,18H,12-13H2,1-3H3. The van der Waals surface area contributed by atoms with Crippen LogP contribution in [0.4, 0.5) is 0 Å². The SMILES string of the molecule is CC(C)(C)OC(=O)CC(=O)OCC1c2ccccc2-c2ccccc21. The van der Waals surface area contributed by atoms with Crippen molar-refractivity contribution in [2.24, 2.45) is 0 Å². The Morgan fingerprint density at radius 1 is 0.880 bits per heavy atom. The Labute approximate surface area is 147 Å². The van der Waals surface area contributed by atoms with E-state index >= 15 is 0 Å². The van der Waals surface area contributed by atoms with Crippen LogP contribution in [0.25, 0.3) is 11.1 Å². The molecule has 4 heteroatoms. The zero-order valence-electron chi connectivity index (χ0n) is 14.7. The van der Waals surface area contributed by atoms with Crippen LogP contribution in [-0.4, -0.2) is 24.1 Å². The van der Waals surface area contributed by atoms with Crippen LogP contribution < -0.4 is 0 Å². The van der Waals surface area contributed by atoms with Gasteiger partial charge in [-0.2, -0.15) is 0 Å². The highest BCUT2D eigenvalue weighted by Gasteiger charge is 2.29. The number of hydrogen-bond donors (Lipinski definition) is 0. The maximum atomic E-state index is 12.0. The van der Waals surface area contributed by atoms with Gasteiger partial charge in [0.25, 0.3) is 0 Å². The molecule has 0 radical (unpaired) electrons. The quantitative estimate of drug-likeness (QED) is 0.623. The van der Waals surface area contributed by atoms with E-state index in [1.54, 1.807) is 20.8 Å². The van der Waals surface area contributed by atoms with Gasteiger partial charge in [0.15, 0.2) is 0 Å². The maximum Gasteiger partial charge on any atom is 0.317 e. The molecule has 0 heterocycles. The number of ether oxygens (including phenoxy) is 2. The Hall–Kier alpha value is -2.62. The fourth-order valence-electron chi connectivity index (χ4n) is 3.16. The summed E-state index contributed by atoms with van der Waals surface area (Å²) in [6, 6.07) is 16.3. The first kappa shape index (κ1) is 17.2. The molecular formula is C21H22O4. The summed E-state index contributed by atoms with van der Waals surface area (Å²) in [6.07, 6.45) is -0.368. The van der Waals surface area contributed by atoms with E-state index in [9.17, 15) is 9.59 Å². The highest BCUT2D eigenvalue weighted by atomic mass is 16.6. The van der Waals surface area contributed by atoms with E-state index in [4.69, 9.17) is 9.47 Å². The molecular weight excluding hydrogens is 316 g/mol. The van der Waals surface area contributed by atoms with E-state index in [0.29, 0.717) is 0 Å². The zero-order chi connectivity index (χ0) is 18.0. The van der Waals surface area contributed by atoms with Crippen LogP contribution in [0.5, 0.6) is 0 Å². The monoisotopic (exact) mass is 338 g/mol. The summed E-state index contributed by atoms with van der Waals surface area (Å²) in [5.41, 5.74) is 4.03. The third-order valence-electron chi connectivity index (χ3n) is 4.08. The maximum absolute atomic E-state index is 12.0. The molecule has 0 amide bonds. The normalized spacial score (nSPS) is 13.1. The van der Waals surface area contributed by atoms with E-state index < -0.39 is 17.5 Å². The van der Waals surface area contributed by atoms with Crippen LogP contribution in [0.1, 0.15) is 44.2 Å². The molecule has 0 unspecified atom stereocenters. The van der Waals surface area contributed by atoms with Crippen molar-refractivity contribution in [3.63, 3.8) is 0 Å². The Bertz CT molecular complexity index is 756. The minimum Gasteiger partial charge on any atom is -0.464 e. The first-order valence-corrected chi connectivity index (χ1v) is 8.41. The molecule has 1 aliphatic rings. The molecule has 130 valence electrons. The van der Waals surface area contributed by atoms with Crippen LogP contribution in [0, 0.1) is 0 Å². The van der Waals surface area contributed by atoms with Crippen molar-refractivity contribution in [3.05, 3.63) is 59.7 Å². The van der Waals surface area contributed by atoms with Gasteiger partial charge in [0, 0.05) is 5.92 Å². The van der Waals surface area contributed by atoms with Gasteiger partial charge in [-0.3, -0.25) is 9.59 Å². The largest absolute Gasteiger partial charge is 0.464 e. The van der Waals surface area contributed by atoms with Crippen LogP contribution in [-0.2, 0) is 19.1 Å². The molecule has 4 nitrogen and oxygen atoms in total. The number of carbonyl (C=O) groups is 2. The number of carbonyl (C=O) groups excluding carboxylic acids is 2. The lowest BCUT2D eigenvalue weighted by molar-refractivity contribution is -0.161. The number of benzene rings is 2.